The number of nitrogens with one attached hydrogen (secondary N) is 1. The molecule has 1 atom stereocenters. The van der Waals surface area contributed by atoms with E-state index in [4.69, 9.17) is 10.8 Å². The maximum atomic E-state index is 9.03. The summed E-state index contributed by atoms with van der Waals surface area (Å²) >= 11 is 0. The van der Waals surface area contributed by atoms with Crippen LogP contribution in [0.25, 0.3) is 0 Å². The van der Waals surface area contributed by atoms with Gasteiger partial charge in [0.05, 0.1) is 0 Å². The van der Waals surface area contributed by atoms with Gasteiger partial charge < -0.3 is 16.2 Å². The fourth-order valence-corrected chi connectivity index (χ4v) is 1.70. The molecule has 1 aromatic rings. The molecule has 1 aliphatic heterocycles. The van der Waals surface area contributed by atoms with E-state index in [1.807, 2.05) is 6.07 Å². The summed E-state index contributed by atoms with van der Waals surface area (Å²) in [5, 5.41) is 12.3. The van der Waals surface area contributed by atoms with Gasteiger partial charge in [-0.3, -0.25) is 0 Å². The van der Waals surface area contributed by atoms with Crippen LogP contribution in [0.5, 0.6) is 0 Å². The van der Waals surface area contributed by atoms with Gasteiger partial charge in [0, 0.05) is 18.7 Å². The average molecular weight is 193 g/mol. The van der Waals surface area contributed by atoms with Gasteiger partial charge in [-0.2, -0.15) is 0 Å². The van der Waals surface area contributed by atoms with Gasteiger partial charge in [-0.25, -0.2) is 4.98 Å². The predicted molar refractivity (Wildman–Crippen MR) is 54.9 cm³/mol. The molecule has 1 unspecified atom stereocenters. The molecule has 0 saturated heterocycles. The van der Waals surface area contributed by atoms with Crippen LogP contribution in [0.15, 0.2) is 12.1 Å². The van der Waals surface area contributed by atoms with Crippen molar-refractivity contribution in [1.29, 1.82) is 0 Å². The molecular weight excluding hydrogens is 178 g/mol. The molecule has 1 aliphatic rings. The molecule has 0 radical (unpaired) electrons. The number of aryl methyl sites for hydroxylation is 1. The van der Waals surface area contributed by atoms with Crippen molar-refractivity contribution >= 4 is 5.82 Å². The van der Waals surface area contributed by atoms with Gasteiger partial charge in [0.15, 0.2) is 0 Å². The molecule has 0 saturated carbocycles. The first-order valence-electron chi connectivity index (χ1n) is 4.92. The van der Waals surface area contributed by atoms with Crippen molar-refractivity contribution in [2.75, 3.05) is 11.9 Å². The fourth-order valence-electron chi connectivity index (χ4n) is 1.70. The van der Waals surface area contributed by atoms with E-state index < -0.39 is 6.23 Å². The molecule has 4 heteroatoms. The summed E-state index contributed by atoms with van der Waals surface area (Å²) in [4.78, 5) is 4.40. The van der Waals surface area contributed by atoms with Gasteiger partial charge in [0.25, 0.3) is 0 Å². The van der Waals surface area contributed by atoms with Crippen LogP contribution in [0.4, 0.5) is 5.82 Å². The third-order valence-electron chi connectivity index (χ3n) is 2.37. The molecule has 0 spiro atoms. The maximum Gasteiger partial charge on any atom is 0.129 e. The lowest BCUT2D eigenvalue weighted by molar-refractivity contribution is 0.182. The number of aromatic nitrogens is 1. The van der Waals surface area contributed by atoms with Crippen LogP contribution in [0.1, 0.15) is 17.7 Å². The van der Waals surface area contributed by atoms with Crippen molar-refractivity contribution in [3.63, 3.8) is 0 Å². The van der Waals surface area contributed by atoms with E-state index in [0.29, 0.717) is 6.42 Å². The molecule has 0 aromatic carbocycles. The van der Waals surface area contributed by atoms with Crippen LogP contribution < -0.4 is 11.1 Å². The highest BCUT2D eigenvalue weighted by atomic mass is 16.3. The first-order chi connectivity index (χ1) is 6.75. The van der Waals surface area contributed by atoms with E-state index >= 15 is 0 Å². The van der Waals surface area contributed by atoms with Gasteiger partial charge in [-0.15, -0.1) is 0 Å². The number of anilines is 1. The number of hydrogen-bond acceptors (Lipinski definition) is 4. The van der Waals surface area contributed by atoms with Crippen molar-refractivity contribution in [3.8, 4) is 0 Å². The minimum absolute atomic E-state index is 0.412. The Labute approximate surface area is 83.2 Å². The number of nitrogens with zero attached hydrogens (tertiary/aromatic N) is 1. The van der Waals surface area contributed by atoms with Crippen molar-refractivity contribution in [2.24, 2.45) is 5.73 Å². The first-order valence-corrected chi connectivity index (χ1v) is 4.92. The number of pyridine rings is 1. The second kappa shape index (κ2) is 3.94. The van der Waals surface area contributed by atoms with Gasteiger partial charge in [0.1, 0.15) is 12.0 Å². The largest absolute Gasteiger partial charge is 0.378 e. The minimum Gasteiger partial charge on any atom is -0.378 e. The Balaban J connectivity index is 2.20. The van der Waals surface area contributed by atoms with Crippen molar-refractivity contribution in [2.45, 2.75) is 25.5 Å². The molecule has 2 heterocycles. The third kappa shape index (κ3) is 2.02. The van der Waals surface area contributed by atoms with Crippen LogP contribution in [0, 0.1) is 0 Å². The summed E-state index contributed by atoms with van der Waals surface area (Å²) in [5.74, 6) is 0.953. The lowest BCUT2D eigenvalue weighted by Crippen LogP contribution is -2.23. The van der Waals surface area contributed by atoms with Crippen molar-refractivity contribution < 1.29 is 5.11 Å². The molecule has 2 rings (SSSR count). The predicted octanol–water partition coefficient (Wildman–Crippen LogP) is 0.259. The van der Waals surface area contributed by atoms with E-state index in [1.54, 1.807) is 0 Å². The van der Waals surface area contributed by atoms with Crippen LogP contribution in [0.3, 0.4) is 0 Å². The number of aliphatic hydroxyl groups excluding tert-OH is 1. The molecule has 0 amide bonds. The molecule has 1 aromatic heterocycles. The lowest BCUT2D eigenvalue weighted by Gasteiger charge is -2.17. The number of hydrogen-bond donors (Lipinski definition) is 3. The van der Waals surface area contributed by atoms with Gasteiger partial charge >= 0.3 is 0 Å². The molecule has 0 aliphatic carbocycles. The zero-order valence-electron chi connectivity index (χ0n) is 8.03. The van der Waals surface area contributed by atoms with Crippen LogP contribution in [-0.2, 0) is 12.8 Å². The lowest BCUT2D eigenvalue weighted by atomic mass is 10.1. The van der Waals surface area contributed by atoms with Crippen LogP contribution in [-0.4, -0.2) is 22.9 Å². The zero-order valence-corrected chi connectivity index (χ0v) is 8.03. The number of rotatable bonds is 2. The third-order valence-corrected chi connectivity index (χ3v) is 2.37. The minimum atomic E-state index is -0.816. The van der Waals surface area contributed by atoms with E-state index in [0.717, 1.165) is 30.9 Å². The summed E-state index contributed by atoms with van der Waals surface area (Å²) in [5.41, 5.74) is 7.39. The summed E-state index contributed by atoms with van der Waals surface area (Å²) in [6.45, 7) is 0.981. The van der Waals surface area contributed by atoms with Crippen LogP contribution >= 0.6 is 0 Å². The topological polar surface area (TPSA) is 71.2 Å². The molecule has 0 bridgehead atoms. The fraction of sp³-hybridized carbons (Fsp3) is 0.500. The van der Waals surface area contributed by atoms with Gasteiger partial charge in [0.2, 0.25) is 0 Å². The highest BCUT2D eigenvalue weighted by Crippen LogP contribution is 2.19. The van der Waals surface area contributed by atoms with E-state index in [-0.39, 0.29) is 0 Å². The summed E-state index contributed by atoms with van der Waals surface area (Å²) < 4.78 is 0. The summed E-state index contributed by atoms with van der Waals surface area (Å²) in [6.07, 6.45) is 1.84. The SMILES string of the molecule is NC(O)Cc1ccc2c(n1)NCCC2. The standard InChI is InChI=1S/C10H15N3O/c11-9(14)6-8-4-3-7-2-1-5-12-10(7)13-8/h3-4,9,14H,1-2,5-6,11H2,(H,12,13). The summed E-state index contributed by atoms with van der Waals surface area (Å²) in [6, 6.07) is 3.99. The quantitative estimate of drug-likeness (QED) is 0.589. The number of fused-ring (bicyclic) bond motifs is 1. The smallest absolute Gasteiger partial charge is 0.129 e. The molecule has 76 valence electrons. The highest BCUT2D eigenvalue weighted by molar-refractivity contribution is 5.47. The molecule has 4 nitrogen and oxygen atoms in total. The molecule has 0 fully saturated rings. The second-order valence-electron chi connectivity index (χ2n) is 3.61. The molecule has 4 N–H and O–H groups in total. The Morgan fingerprint density at radius 2 is 2.43 bits per heavy atom. The van der Waals surface area contributed by atoms with E-state index in [2.05, 4.69) is 16.4 Å². The van der Waals surface area contributed by atoms with E-state index in [1.165, 1.54) is 5.56 Å². The summed E-state index contributed by atoms with van der Waals surface area (Å²) in [7, 11) is 0. The van der Waals surface area contributed by atoms with Gasteiger partial charge in [-0.05, 0) is 24.5 Å². The maximum absolute atomic E-state index is 9.03. The Bertz CT molecular complexity index is 325. The highest BCUT2D eigenvalue weighted by Gasteiger charge is 2.10. The first kappa shape index (κ1) is 9.43. The Morgan fingerprint density at radius 1 is 1.57 bits per heavy atom. The second-order valence-corrected chi connectivity index (χ2v) is 3.61. The molecule has 14 heavy (non-hydrogen) atoms. The monoisotopic (exact) mass is 193 g/mol. The molecular formula is C10H15N3O. The van der Waals surface area contributed by atoms with Crippen molar-refractivity contribution in [3.05, 3.63) is 23.4 Å². The number of nitrogens with two attached hydrogens (primary N) is 1. The Morgan fingerprint density at radius 3 is 3.21 bits per heavy atom. The normalized spacial score (nSPS) is 17.0. The Hall–Kier alpha value is -1.13. The van der Waals surface area contributed by atoms with Crippen molar-refractivity contribution in [1.82, 2.24) is 4.98 Å². The van der Waals surface area contributed by atoms with Crippen LogP contribution in [0.2, 0.25) is 0 Å². The Kier molecular flexibility index (Phi) is 2.65. The van der Waals surface area contributed by atoms with Gasteiger partial charge in [-0.1, -0.05) is 6.07 Å². The number of aliphatic hydroxyl groups is 1. The zero-order chi connectivity index (χ0) is 9.97. The van der Waals surface area contributed by atoms with E-state index in [9.17, 15) is 0 Å². The average Bonchev–Trinajstić information content (AvgIpc) is 2.17.